The van der Waals surface area contributed by atoms with Crippen LogP contribution in [0.3, 0.4) is 0 Å². The number of pyridine rings is 1. The van der Waals surface area contributed by atoms with E-state index in [2.05, 4.69) is 27.6 Å². The number of hydrogen-bond donors (Lipinski definition) is 0. The van der Waals surface area contributed by atoms with Crippen molar-refractivity contribution in [2.45, 2.75) is 12.6 Å². The number of hydrogen-bond acceptors (Lipinski definition) is 3. The van der Waals surface area contributed by atoms with Crippen molar-refractivity contribution in [3.05, 3.63) is 33.5 Å². The van der Waals surface area contributed by atoms with Crippen molar-refractivity contribution >= 4 is 33.5 Å². The van der Waals surface area contributed by atoms with Crippen LogP contribution in [-0.2, 0) is 10.9 Å². The molecule has 3 rings (SSSR count). The van der Waals surface area contributed by atoms with Crippen molar-refractivity contribution in [3.63, 3.8) is 0 Å². The van der Waals surface area contributed by atoms with E-state index in [1.54, 1.807) is 18.2 Å². The van der Waals surface area contributed by atoms with E-state index in [0.29, 0.717) is 25.2 Å². The molecule has 1 saturated heterocycles. The van der Waals surface area contributed by atoms with Gasteiger partial charge in [0.15, 0.2) is 0 Å². The third-order valence-electron chi connectivity index (χ3n) is 3.52. The van der Waals surface area contributed by atoms with Crippen molar-refractivity contribution in [1.82, 2.24) is 4.98 Å². The lowest BCUT2D eigenvalue weighted by Crippen LogP contribution is -2.13. The second-order valence-corrected chi connectivity index (χ2v) is 6.45. The Morgan fingerprint density at radius 3 is 2.82 bits per heavy atom. The molecular weight excluding hydrogens is 410 g/mol. The van der Waals surface area contributed by atoms with E-state index in [4.69, 9.17) is 9.47 Å². The van der Waals surface area contributed by atoms with E-state index in [0.717, 1.165) is 16.1 Å². The Labute approximate surface area is 139 Å². The van der Waals surface area contributed by atoms with Gasteiger partial charge in [0, 0.05) is 27.5 Å². The number of benzene rings is 1. The first-order valence-electron chi connectivity index (χ1n) is 6.81. The van der Waals surface area contributed by atoms with Gasteiger partial charge in [-0.1, -0.05) is 0 Å². The van der Waals surface area contributed by atoms with E-state index in [9.17, 15) is 13.2 Å². The van der Waals surface area contributed by atoms with Crippen LogP contribution >= 0.6 is 22.6 Å². The molecule has 2 aromatic rings. The summed E-state index contributed by atoms with van der Waals surface area (Å²) in [7, 11) is 0. The van der Waals surface area contributed by atoms with E-state index >= 15 is 0 Å². The maximum Gasteiger partial charge on any atom is 0.433 e. The number of halogens is 4. The van der Waals surface area contributed by atoms with Crippen LogP contribution < -0.4 is 4.74 Å². The molecule has 0 N–H and O–H groups in total. The quantitative estimate of drug-likeness (QED) is 0.692. The lowest BCUT2D eigenvalue weighted by molar-refractivity contribution is -0.141. The number of alkyl halides is 3. The lowest BCUT2D eigenvalue weighted by Gasteiger charge is -2.15. The third-order valence-corrected chi connectivity index (χ3v) is 4.19. The monoisotopic (exact) mass is 423 g/mol. The Balaban J connectivity index is 1.98. The van der Waals surface area contributed by atoms with Crippen molar-refractivity contribution in [1.29, 1.82) is 0 Å². The molecule has 2 heterocycles. The van der Waals surface area contributed by atoms with E-state index in [-0.39, 0.29) is 17.2 Å². The molecule has 1 aliphatic heterocycles. The Kier molecular flexibility index (Phi) is 4.44. The number of ether oxygens (including phenoxy) is 2. The summed E-state index contributed by atoms with van der Waals surface area (Å²) in [5.41, 5.74) is -0.646. The van der Waals surface area contributed by atoms with E-state index in [1.165, 1.54) is 0 Å². The smallest absolute Gasteiger partial charge is 0.433 e. The summed E-state index contributed by atoms with van der Waals surface area (Å²) in [5.74, 6) is 0.447. The topological polar surface area (TPSA) is 31.4 Å². The van der Waals surface area contributed by atoms with Gasteiger partial charge in [0.1, 0.15) is 11.4 Å². The number of rotatable bonds is 3. The maximum atomic E-state index is 13.0. The average Bonchev–Trinajstić information content (AvgIpc) is 2.97. The Bertz CT molecular complexity index is 684. The van der Waals surface area contributed by atoms with Crippen LogP contribution in [0.2, 0.25) is 0 Å². The Morgan fingerprint density at radius 1 is 1.32 bits per heavy atom. The summed E-state index contributed by atoms with van der Waals surface area (Å²) in [5, 5.41) is 0.596. The average molecular weight is 423 g/mol. The molecule has 1 aromatic carbocycles. The SMILES string of the molecule is FC(F)(F)c1cc(OCC2CCOC2)c2cc(I)ccc2n1. The first-order chi connectivity index (χ1) is 10.4. The first kappa shape index (κ1) is 15.8. The highest BCUT2D eigenvalue weighted by molar-refractivity contribution is 14.1. The zero-order valence-corrected chi connectivity index (χ0v) is 13.6. The molecule has 0 aliphatic carbocycles. The standard InChI is InChI=1S/C15H13F3INO2/c16-15(17,18)14-6-13(22-8-9-3-4-21-7-9)11-5-10(19)1-2-12(11)20-14/h1-2,5-6,9H,3-4,7-8H2. The van der Waals surface area contributed by atoms with Gasteiger partial charge in [-0.3, -0.25) is 0 Å². The van der Waals surface area contributed by atoms with Gasteiger partial charge >= 0.3 is 6.18 Å². The Hall–Kier alpha value is -1.09. The fraction of sp³-hybridized carbons (Fsp3) is 0.400. The summed E-state index contributed by atoms with van der Waals surface area (Å²) in [4.78, 5) is 3.69. The predicted octanol–water partition coefficient (Wildman–Crippen LogP) is 4.27. The summed E-state index contributed by atoms with van der Waals surface area (Å²) < 4.78 is 50.8. The summed E-state index contributed by atoms with van der Waals surface area (Å²) in [6, 6.07) is 6.07. The van der Waals surface area contributed by atoms with Crippen molar-refractivity contribution in [2.24, 2.45) is 5.92 Å². The van der Waals surface area contributed by atoms with Gasteiger partial charge in [0.2, 0.25) is 0 Å². The summed E-state index contributed by atoms with van der Waals surface area (Å²) in [6.45, 7) is 1.62. The predicted molar refractivity (Wildman–Crippen MR) is 83.9 cm³/mol. The van der Waals surface area contributed by atoms with Crippen LogP contribution in [0.15, 0.2) is 24.3 Å². The van der Waals surface area contributed by atoms with Crippen molar-refractivity contribution in [3.8, 4) is 5.75 Å². The van der Waals surface area contributed by atoms with Crippen LogP contribution in [0.5, 0.6) is 5.75 Å². The zero-order chi connectivity index (χ0) is 15.7. The molecule has 0 amide bonds. The van der Waals surface area contributed by atoms with Gasteiger partial charge in [-0.2, -0.15) is 13.2 Å². The Morgan fingerprint density at radius 2 is 2.14 bits per heavy atom. The van der Waals surface area contributed by atoms with Gasteiger partial charge in [-0.05, 0) is 47.2 Å². The largest absolute Gasteiger partial charge is 0.492 e. The van der Waals surface area contributed by atoms with Crippen LogP contribution in [-0.4, -0.2) is 24.8 Å². The van der Waals surface area contributed by atoms with Crippen LogP contribution in [0.1, 0.15) is 12.1 Å². The van der Waals surface area contributed by atoms with Crippen molar-refractivity contribution < 1.29 is 22.6 Å². The first-order valence-corrected chi connectivity index (χ1v) is 7.89. The van der Waals surface area contributed by atoms with Gasteiger partial charge in [-0.15, -0.1) is 0 Å². The normalized spacial score (nSPS) is 18.8. The minimum atomic E-state index is -4.49. The number of aromatic nitrogens is 1. The van der Waals surface area contributed by atoms with Crippen molar-refractivity contribution in [2.75, 3.05) is 19.8 Å². The van der Waals surface area contributed by atoms with E-state index in [1.807, 2.05) is 0 Å². The molecule has 0 bridgehead atoms. The maximum absolute atomic E-state index is 13.0. The fourth-order valence-electron chi connectivity index (χ4n) is 2.35. The van der Waals surface area contributed by atoms with Gasteiger partial charge in [-0.25, -0.2) is 4.98 Å². The molecule has 1 fully saturated rings. The third kappa shape index (κ3) is 3.45. The molecule has 7 heteroatoms. The molecule has 0 radical (unpaired) electrons. The van der Waals surface area contributed by atoms with Crippen LogP contribution in [0, 0.1) is 9.49 Å². The second-order valence-electron chi connectivity index (χ2n) is 5.21. The van der Waals surface area contributed by atoms with Gasteiger partial charge in [0.05, 0.1) is 18.7 Å². The minimum Gasteiger partial charge on any atom is -0.492 e. The molecule has 0 spiro atoms. The molecule has 1 aliphatic rings. The molecule has 3 nitrogen and oxygen atoms in total. The molecule has 118 valence electrons. The number of fused-ring (bicyclic) bond motifs is 1. The molecule has 0 saturated carbocycles. The minimum absolute atomic E-state index is 0.223. The second kappa shape index (κ2) is 6.19. The molecule has 1 atom stereocenters. The number of nitrogens with zero attached hydrogens (tertiary/aromatic N) is 1. The molecule has 1 aromatic heterocycles. The zero-order valence-electron chi connectivity index (χ0n) is 11.5. The van der Waals surface area contributed by atoms with E-state index < -0.39 is 11.9 Å². The highest BCUT2D eigenvalue weighted by Gasteiger charge is 2.33. The lowest BCUT2D eigenvalue weighted by atomic mass is 10.1. The fourth-order valence-corrected chi connectivity index (χ4v) is 2.85. The molecular formula is C15H13F3INO2. The highest BCUT2D eigenvalue weighted by Crippen LogP contribution is 2.35. The van der Waals surface area contributed by atoms with Crippen LogP contribution in [0.25, 0.3) is 10.9 Å². The summed E-state index contributed by atoms with van der Waals surface area (Å²) >= 11 is 2.11. The van der Waals surface area contributed by atoms with Gasteiger partial charge in [0.25, 0.3) is 0 Å². The van der Waals surface area contributed by atoms with Gasteiger partial charge < -0.3 is 9.47 Å². The summed E-state index contributed by atoms with van der Waals surface area (Å²) in [6.07, 6.45) is -3.63. The molecule has 1 unspecified atom stereocenters. The molecule has 22 heavy (non-hydrogen) atoms. The van der Waals surface area contributed by atoms with Crippen LogP contribution in [0.4, 0.5) is 13.2 Å². The highest BCUT2D eigenvalue weighted by atomic mass is 127.